The number of amides is 1. The first-order chi connectivity index (χ1) is 11.0. The molecule has 1 aliphatic heterocycles. The largest absolute Gasteiger partial charge is 0.389 e. The fourth-order valence-corrected chi connectivity index (χ4v) is 4.33. The number of aliphatic hydroxyl groups is 1. The van der Waals surface area contributed by atoms with Gasteiger partial charge in [-0.1, -0.05) is 26.7 Å². The highest BCUT2D eigenvalue weighted by Gasteiger charge is 2.44. The second-order valence-corrected chi connectivity index (χ2v) is 7.86. The molecule has 1 aromatic heterocycles. The minimum absolute atomic E-state index is 0.111. The van der Waals surface area contributed by atoms with E-state index >= 15 is 0 Å². The fourth-order valence-electron chi connectivity index (χ4n) is 4.33. The Morgan fingerprint density at radius 3 is 2.70 bits per heavy atom. The molecule has 0 spiro atoms. The van der Waals surface area contributed by atoms with Crippen molar-refractivity contribution >= 4 is 5.91 Å². The summed E-state index contributed by atoms with van der Waals surface area (Å²) in [5.74, 6) is 0.962. The van der Waals surface area contributed by atoms with Gasteiger partial charge in [-0.15, -0.1) is 0 Å². The third-order valence-corrected chi connectivity index (χ3v) is 5.71. The third kappa shape index (κ3) is 3.47. The molecule has 0 radical (unpaired) electrons. The SMILES string of the molecule is CC(C)C[C@H](C(=O)N1CC[C@@]2(O)CCCC[C@H]2C1)n1cccc1. The van der Waals surface area contributed by atoms with Crippen LogP contribution < -0.4 is 0 Å². The van der Waals surface area contributed by atoms with Gasteiger partial charge in [0.1, 0.15) is 6.04 Å². The van der Waals surface area contributed by atoms with Crippen LogP contribution in [-0.2, 0) is 4.79 Å². The molecule has 3 rings (SSSR count). The topological polar surface area (TPSA) is 45.5 Å². The zero-order valence-corrected chi connectivity index (χ0v) is 14.4. The van der Waals surface area contributed by atoms with Crippen LogP contribution in [0.1, 0.15) is 58.4 Å². The molecule has 0 unspecified atom stereocenters. The molecule has 2 heterocycles. The van der Waals surface area contributed by atoms with Crippen molar-refractivity contribution in [1.29, 1.82) is 0 Å². The highest BCUT2D eigenvalue weighted by Crippen LogP contribution is 2.40. The van der Waals surface area contributed by atoms with E-state index in [0.29, 0.717) is 12.5 Å². The van der Waals surface area contributed by atoms with E-state index in [1.807, 2.05) is 34.0 Å². The van der Waals surface area contributed by atoms with Crippen LogP contribution in [-0.4, -0.2) is 39.2 Å². The molecule has 23 heavy (non-hydrogen) atoms. The number of aromatic nitrogens is 1. The molecule has 1 N–H and O–H groups in total. The Morgan fingerprint density at radius 2 is 2.00 bits per heavy atom. The van der Waals surface area contributed by atoms with Crippen LogP contribution in [0.2, 0.25) is 0 Å². The van der Waals surface area contributed by atoms with E-state index in [0.717, 1.165) is 38.6 Å². The summed E-state index contributed by atoms with van der Waals surface area (Å²) in [6, 6.07) is 3.85. The van der Waals surface area contributed by atoms with E-state index in [9.17, 15) is 9.90 Å². The van der Waals surface area contributed by atoms with Crippen molar-refractivity contribution in [1.82, 2.24) is 9.47 Å². The molecule has 128 valence electrons. The zero-order valence-electron chi connectivity index (χ0n) is 14.4. The maximum Gasteiger partial charge on any atom is 0.245 e. The summed E-state index contributed by atoms with van der Waals surface area (Å²) in [6.45, 7) is 5.76. The minimum atomic E-state index is -0.518. The first-order valence-electron chi connectivity index (χ1n) is 9.13. The Labute approximate surface area is 139 Å². The average Bonchev–Trinajstić information content (AvgIpc) is 3.05. The van der Waals surface area contributed by atoms with Gasteiger partial charge in [-0.05, 0) is 43.7 Å². The van der Waals surface area contributed by atoms with Crippen LogP contribution in [0.4, 0.5) is 0 Å². The lowest BCUT2D eigenvalue weighted by molar-refractivity contribution is -0.147. The van der Waals surface area contributed by atoms with Crippen LogP contribution in [0.25, 0.3) is 0 Å². The number of piperidine rings is 1. The first-order valence-corrected chi connectivity index (χ1v) is 9.13. The van der Waals surface area contributed by atoms with E-state index < -0.39 is 5.60 Å². The Hall–Kier alpha value is -1.29. The van der Waals surface area contributed by atoms with Crippen LogP contribution in [0.5, 0.6) is 0 Å². The maximum atomic E-state index is 13.1. The summed E-state index contributed by atoms with van der Waals surface area (Å²) in [7, 11) is 0. The number of fused-ring (bicyclic) bond motifs is 1. The van der Waals surface area contributed by atoms with Gasteiger partial charge in [-0.3, -0.25) is 4.79 Å². The maximum absolute atomic E-state index is 13.1. The molecule has 4 heteroatoms. The van der Waals surface area contributed by atoms with Gasteiger partial charge in [0, 0.05) is 31.4 Å². The number of nitrogens with zero attached hydrogens (tertiary/aromatic N) is 2. The van der Waals surface area contributed by atoms with Crippen molar-refractivity contribution in [3.05, 3.63) is 24.5 Å². The molecule has 2 aliphatic rings. The molecule has 1 saturated carbocycles. The zero-order chi connectivity index (χ0) is 16.4. The first kappa shape index (κ1) is 16.6. The van der Waals surface area contributed by atoms with Crippen LogP contribution >= 0.6 is 0 Å². The van der Waals surface area contributed by atoms with E-state index in [2.05, 4.69) is 13.8 Å². The van der Waals surface area contributed by atoms with Crippen molar-refractivity contribution in [3.63, 3.8) is 0 Å². The quantitative estimate of drug-likeness (QED) is 0.926. The van der Waals surface area contributed by atoms with Crippen molar-refractivity contribution in [2.45, 2.75) is 64.0 Å². The molecule has 1 aromatic rings. The lowest BCUT2D eigenvalue weighted by Gasteiger charge is -2.48. The van der Waals surface area contributed by atoms with E-state index in [-0.39, 0.29) is 17.9 Å². The molecule has 0 bridgehead atoms. The fraction of sp³-hybridized carbons (Fsp3) is 0.737. The number of likely N-dealkylation sites (tertiary alicyclic amines) is 1. The van der Waals surface area contributed by atoms with Crippen molar-refractivity contribution in [3.8, 4) is 0 Å². The van der Waals surface area contributed by atoms with Crippen molar-refractivity contribution < 1.29 is 9.90 Å². The molecule has 1 amide bonds. The lowest BCUT2D eigenvalue weighted by atomic mass is 9.71. The molecular weight excluding hydrogens is 288 g/mol. The van der Waals surface area contributed by atoms with E-state index in [1.54, 1.807) is 0 Å². The van der Waals surface area contributed by atoms with Gasteiger partial charge in [-0.2, -0.15) is 0 Å². The summed E-state index contributed by atoms with van der Waals surface area (Å²) in [4.78, 5) is 15.1. The molecule has 0 aromatic carbocycles. The van der Waals surface area contributed by atoms with Gasteiger partial charge in [0.15, 0.2) is 0 Å². The Kier molecular flexibility index (Phi) is 4.81. The lowest BCUT2D eigenvalue weighted by Crippen LogP contribution is -2.55. The van der Waals surface area contributed by atoms with Gasteiger partial charge in [0.2, 0.25) is 5.91 Å². The Balaban J connectivity index is 1.73. The van der Waals surface area contributed by atoms with Crippen LogP contribution in [0.3, 0.4) is 0 Å². The molecule has 3 atom stereocenters. The van der Waals surface area contributed by atoms with Crippen molar-refractivity contribution in [2.75, 3.05) is 13.1 Å². The van der Waals surface area contributed by atoms with Gasteiger partial charge in [0.05, 0.1) is 5.60 Å². The second kappa shape index (κ2) is 6.68. The summed E-state index contributed by atoms with van der Waals surface area (Å²) in [5, 5.41) is 10.8. The molecule has 4 nitrogen and oxygen atoms in total. The van der Waals surface area contributed by atoms with Crippen molar-refractivity contribution in [2.24, 2.45) is 11.8 Å². The summed E-state index contributed by atoms with van der Waals surface area (Å²) in [6.07, 6.45) is 9.85. The van der Waals surface area contributed by atoms with Gasteiger partial charge in [-0.25, -0.2) is 0 Å². The summed E-state index contributed by atoms with van der Waals surface area (Å²) in [5.41, 5.74) is -0.518. The second-order valence-electron chi connectivity index (χ2n) is 7.86. The number of hydrogen-bond donors (Lipinski definition) is 1. The highest BCUT2D eigenvalue weighted by molar-refractivity contribution is 5.80. The normalized spacial score (nSPS) is 29.4. The van der Waals surface area contributed by atoms with E-state index in [1.165, 1.54) is 6.42 Å². The van der Waals surface area contributed by atoms with Gasteiger partial charge >= 0.3 is 0 Å². The number of hydrogen-bond acceptors (Lipinski definition) is 2. The third-order valence-electron chi connectivity index (χ3n) is 5.71. The average molecular weight is 318 g/mol. The predicted octanol–water partition coefficient (Wildman–Crippen LogP) is 3.23. The number of carbonyl (C=O) groups is 1. The summed E-state index contributed by atoms with van der Waals surface area (Å²) < 4.78 is 2.05. The Morgan fingerprint density at radius 1 is 1.26 bits per heavy atom. The van der Waals surface area contributed by atoms with Crippen LogP contribution in [0, 0.1) is 11.8 Å². The monoisotopic (exact) mass is 318 g/mol. The Bertz CT molecular complexity index is 525. The molecule has 1 aliphatic carbocycles. The minimum Gasteiger partial charge on any atom is -0.389 e. The predicted molar refractivity (Wildman–Crippen MR) is 91.0 cm³/mol. The van der Waals surface area contributed by atoms with Gasteiger partial charge < -0.3 is 14.6 Å². The highest BCUT2D eigenvalue weighted by atomic mass is 16.3. The molecule has 2 fully saturated rings. The smallest absolute Gasteiger partial charge is 0.245 e. The number of carbonyl (C=O) groups excluding carboxylic acids is 1. The number of rotatable bonds is 4. The van der Waals surface area contributed by atoms with Gasteiger partial charge in [0.25, 0.3) is 0 Å². The standard InChI is InChI=1S/C19H30N2O2/c1-15(2)13-17(20-10-5-6-11-20)18(22)21-12-9-19(23)8-4-3-7-16(19)14-21/h5-6,10-11,15-17,23H,3-4,7-9,12-14H2,1-2H3/t16-,17+,19-/m0/s1. The van der Waals surface area contributed by atoms with Crippen LogP contribution in [0.15, 0.2) is 24.5 Å². The molecular formula is C19H30N2O2. The molecule has 1 saturated heterocycles. The summed E-state index contributed by atoms with van der Waals surface area (Å²) >= 11 is 0. The van der Waals surface area contributed by atoms with E-state index in [4.69, 9.17) is 0 Å².